The number of nitrogens with zero attached hydrogens (tertiary/aromatic N) is 1. The number of hydrogen-bond donors (Lipinski definition) is 1. The van der Waals surface area contributed by atoms with Crippen molar-refractivity contribution in [3.63, 3.8) is 0 Å². The molecule has 0 radical (unpaired) electrons. The fourth-order valence-corrected chi connectivity index (χ4v) is 3.87. The van der Waals surface area contributed by atoms with Gasteiger partial charge in [0.1, 0.15) is 5.82 Å². The van der Waals surface area contributed by atoms with E-state index in [0.29, 0.717) is 10.6 Å². The van der Waals surface area contributed by atoms with Gasteiger partial charge in [-0.15, -0.1) is 0 Å². The van der Waals surface area contributed by atoms with Crippen LogP contribution in [0.15, 0.2) is 53.4 Å². The van der Waals surface area contributed by atoms with Gasteiger partial charge in [0, 0.05) is 17.6 Å². The fraction of sp³-hybridized carbons (Fsp3) is 0.316. The lowest BCUT2D eigenvalue weighted by Gasteiger charge is -2.23. The zero-order chi connectivity index (χ0) is 20.0. The van der Waals surface area contributed by atoms with Crippen molar-refractivity contribution < 1.29 is 17.6 Å². The zero-order valence-corrected chi connectivity index (χ0v) is 16.7. The minimum Gasteiger partial charge on any atom is -0.353 e. The molecule has 27 heavy (non-hydrogen) atoms. The lowest BCUT2D eigenvalue weighted by molar-refractivity contribution is -0.122. The van der Waals surface area contributed by atoms with Crippen molar-refractivity contribution in [3.05, 3.63) is 64.9 Å². The van der Waals surface area contributed by atoms with E-state index >= 15 is 0 Å². The molecule has 0 aliphatic carbocycles. The molecule has 0 aliphatic heterocycles. The smallest absolute Gasteiger partial charge is 0.243 e. The molecule has 2 rings (SSSR count). The monoisotopic (exact) mass is 412 g/mol. The maximum atomic E-state index is 13.1. The van der Waals surface area contributed by atoms with Crippen molar-refractivity contribution in [2.45, 2.75) is 37.8 Å². The third-order valence-corrected chi connectivity index (χ3v) is 6.12. The Balaban J connectivity index is 2.31. The minimum absolute atomic E-state index is 0.0327. The average Bonchev–Trinajstić information content (AvgIpc) is 2.63. The van der Waals surface area contributed by atoms with E-state index in [0.717, 1.165) is 10.7 Å². The van der Waals surface area contributed by atoms with Crippen LogP contribution in [0.5, 0.6) is 0 Å². The van der Waals surface area contributed by atoms with Crippen molar-refractivity contribution in [3.8, 4) is 0 Å². The van der Waals surface area contributed by atoms with Gasteiger partial charge < -0.3 is 5.32 Å². The van der Waals surface area contributed by atoms with Crippen LogP contribution in [-0.2, 0) is 21.4 Å². The molecule has 0 bridgehead atoms. The number of rotatable bonds is 8. The Morgan fingerprint density at radius 1 is 1.15 bits per heavy atom. The topological polar surface area (TPSA) is 66.5 Å². The predicted octanol–water partition coefficient (Wildman–Crippen LogP) is 3.58. The second-order valence-corrected chi connectivity index (χ2v) is 8.60. The minimum atomic E-state index is -3.94. The van der Waals surface area contributed by atoms with Crippen LogP contribution in [0.1, 0.15) is 25.8 Å². The molecule has 146 valence electrons. The largest absolute Gasteiger partial charge is 0.353 e. The van der Waals surface area contributed by atoms with Crippen LogP contribution in [0.4, 0.5) is 4.39 Å². The Bertz CT molecular complexity index is 871. The number of hydrogen-bond acceptors (Lipinski definition) is 3. The van der Waals surface area contributed by atoms with E-state index in [-0.39, 0.29) is 24.0 Å². The number of sulfonamides is 1. The normalized spacial score (nSPS) is 12.8. The number of carbonyl (C=O) groups is 1. The standard InChI is InChI=1S/C19H22ClFN2O3S/c1-3-14(2)22-19(24)13-23(12-15-4-8-17(21)9-5-15)27(25,26)18-10-6-16(20)7-11-18/h4-11,14H,3,12-13H2,1-2H3,(H,22,24)/t14-/m0/s1. The molecule has 2 aromatic rings. The highest BCUT2D eigenvalue weighted by Crippen LogP contribution is 2.20. The summed E-state index contributed by atoms with van der Waals surface area (Å²) >= 11 is 5.84. The Morgan fingerprint density at radius 2 is 1.74 bits per heavy atom. The summed E-state index contributed by atoms with van der Waals surface area (Å²) in [5.41, 5.74) is 0.574. The van der Waals surface area contributed by atoms with Gasteiger partial charge in [0.25, 0.3) is 0 Å². The van der Waals surface area contributed by atoms with Crippen LogP contribution in [-0.4, -0.2) is 31.2 Å². The molecule has 0 saturated carbocycles. The molecule has 5 nitrogen and oxygen atoms in total. The van der Waals surface area contributed by atoms with Crippen LogP contribution >= 0.6 is 11.6 Å². The molecule has 0 aromatic heterocycles. The van der Waals surface area contributed by atoms with E-state index < -0.39 is 21.7 Å². The molecule has 1 amide bonds. The van der Waals surface area contributed by atoms with Gasteiger partial charge in [0.2, 0.25) is 15.9 Å². The summed E-state index contributed by atoms with van der Waals surface area (Å²) in [5, 5.41) is 3.17. The zero-order valence-electron chi connectivity index (χ0n) is 15.2. The molecule has 1 atom stereocenters. The lowest BCUT2D eigenvalue weighted by atomic mass is 10.2. The van der Waals surface area contributed by atoms with Crippen molar-refractivity contribution in [1.29, 1.82) is 0 Å². The van der Waals surface area contributed by atoms with Gasteiger partial charge in [0.05, 0.1) is 11.4 Å². The maximum absolute atomic E-state index is 13.1. The Morgan fingerprint density at radius 3 is 2.30 bits per heavy atom. The summed E-state index contributed by atoms with van der Waals surface area (Å²) < 4.78 is 40.3. The highest BCUT2D eigenvalue weighted by molar-refractivity contribution is 7.89. The SMILES string of the molecule is CC[C@H](C)NC(=O)CN(Cc1ccc(F)cc1)S(=O)(=O)c1ccc(Cl)cc1. The molecule has 0 saturated heterocycles. The first-order valence-electron chi connectivity index (χ1n) is 8.52. The number of amides is 1. The number of benzene rings is 2. The Hall–Kier alpha value is -1.96. The maximum Gasteiger partial charge on any atom is 0.243 e. The molecular formula is C19H22ClFN2O3S. The van der Waals surface area contributed by atoms with E-state index in [2.05, 4.69) is 5.32 Å². The second-order valence-electron chi connectivity index (χ2n) is 6.23. The number of halogens is 2. The molecule has 0 heterocycles. The number of carbonyl (C=O) groups excluding carboxylic acids is 1. The quantitative estimate of drug-likeness (QED) is 0.720. The summed E-state index contributed by atoms with van der Waals surface area (Å²) in [5.74, 6) is -0.815. The summed E-state index contributed by atoms with van der Waals surface area (Å²) in [6.07, 6.45) is 0.730. The first-order chi connectivity index (χ1) is 12.7. The van der Waals surface area contributed by atoms with Crippen LogP contribution in [0.2, 0.25) is 5.02 Å². The van der Waals surface area contributed by atoms with E-state index in [1.165, 1.54) is 48.5 Å². The second kappa shape index (κ2) is 9.30. The molecule has 1 N–H and O–H groups in total. The van der Waals surface area contributed by atoms with Crippen molar-refractivity contribution >= 4 is 27.5 Å². The van der Waals surface area contributed by atoms with Crippen LogP contribution in [0.3, 0.4) is 0 Å². The van der Waals surface area contributed by atoms with E-state index in [1.54, 1.807) is 0 Å². The number of nitrogens with one attached hydrogen (secondary N) is 1. The molecule has 0 unspecified atom stereocenters. The third-order valence-electron chi connectivity index (χ3n) is 4.06. The summed E-state index contributed by atoms with van der Waals surface area (Å²) in [6.45, 7) is 3.37. The first kappa shape index (κ1) is 21.3. The first-order valence-corrected chi connectivity index (χ1v) is 10.3. The van der Waals surface area contributed by atoms with E-state index in [1.807, 2.05) is 13.8 Å². The van der Waals surface area contributed by atoms with Crippen LogP contribution < -0.4 is 5.32 Å². The van der Waals surface area contributed by atoms with Gasteiger partial charge in [-0.2, -0.15) is 4.31 Å². The van der Waals surface area contributed by atoms with Crippen molar-refractivity contribution in [2.24, 2.45) is 0 Å². The molecule has 8 heteroatoms. The molecule has 0 spiro atoms. The highest BCUT2D eigenvalue weighted by Gasteiger charge is 2.27. The Labute approximate surface area is 164 Å². The summed E-state index contributed by atoms with van der Waals surface area (Å²) in [7, 11) is -3.94. The fourth-order valence-electron chi connectivity index (χ4n) is 2.36. The van der Waals surface area contributed by atoms with Gasteiger partial charge >= 0.3 is 0 Å². The Kier molecular flexibility index (Phi) is 7.35. The van der Waals surface area contributed by atoms with Crippen LogP contribution in [0, 0.1) is 5.82 Å². The van der Waals surface area contributed by atoms with Gasteiger partial charge in [0.15, 0.2) is 0 Å². The predicted molar refractivity (Wildman–Crippen MR) is 103 cm³/mol. The van der Waals surface area contributed by atoms with Crippen molar-refractivity contribution in [1.82, 2.24) is 9.62 Å². The highest BCUT2D eigenvalue weighted by atomic mass is 35.5. The van der Waals surface area contributed by atoms with E-state index in [4.69, 9.17) is 11.6 Å². The average molecular weight is 413 g/mol. The van der Waals surface area contributed by atoms with Crippen LogP contribution in [0.25, 0.3) is 0 Å². The van der Waals surface area contributed by atoms with Gasteiger partial charge in [-0.05, 0) is 55.3 Å². The van der Waals surface area contributed by atoms with Crippen molar-refractivity contribution in [2.75, 3.05) is 6.54 Å². The lowest BCUT2D eigenvalue weighted by Crippen LogP contribution is -2.43. The molecule has 2 aromatic carbocycles. The van der Waals surface area contributed by atoms with Gasteiger partial charge in [-0.25, -0.2) is 12.8 Å². The van der Waals surface area contributed by atoms with E-state index in [9.17, 15) is 17.6 Å². The third kappa shape index (κ3) is 6.02. The van der Waals surface area contributed by atoms with Gasteiger partial charge in [-0.1, -0.05) is 30.7 Å². The van der Waals surface area contributed by atoms with Gasteiger partial charge in [-0.3, -0.25) is 4.79 Å². The molecule has 0 aliphatic rings. The summed E-state index contributed by atoms with van der Waals surface area (Å²) in [4.78, 5) is 12.3. The molecular weight excluding hydrogens is 391 g/mol. The summed E-state index contributed by atoms with van der Waals surface area (Å²) in [6, 6.07) is 11.2. The molecule has 0 fully saturated rings.